The van der Waals surface area contributed by atoms with Gasteiger partial charge in [-0.2, -0.15) is 0 Å². The summed E-state index contributed by atoms with van der Waals surface area (Å²) in [5.74, 6) is -0.530. The molecule has 0 radical (unpaired) electrons. The zero-order chi connectivity index (χ0) is 12.3. The highest BCUT2D eigenvalue weighted by Gasteiger charge is 2.31. The Hall–Kier alpha value is -1.37. The van der Waals surface area contributed by atoms with Gasteiger partial charge < -0.3 is 9.84 Å². The van der Waals surface area contributed by atoms with E-state index in [9.17, 15) is 22.0 Å². The molecule has 1 aromatic carbocycles. The SMILES string of the molecule is OC(c1ccc(OC(F)(F)F)cc1)C(F)F. The van der Waals surface area contributed by atoms with Crippen LogP contribution >= 0.6 is 0 Å². The lowest BCUT2D eigenvalue weighted by Gasteiger charge is -2.12. The fourth-order valence-corrected chi connectivity index (χ4v) is 1.01. The van der Waals surface area contributed by atoms with Gasteiger partial charge in [0.1, 0.15) is 11.9 Å². The Kier molecular flexibility index (Phi) is 3.69. The lowest BCUT2D eigenvalue weighted by molar-refractivity contribution is -0.274. The molecule has 16 heavy (non-hydrogen) atoms. The molecule has 0 fully saturated rings. The number of hydrogen-bond acceptors (Lipinski definition) is 2. The third kappa shape index (κ3) is 3.65. The molecule has 0 saturated heterocycles. The van der Waals surface area contributed by atoms with Crippen molar-refractivity contribution in [1.82, 2.24) is 0 Å². The molecule has 7 heteroatoms. The van der Waals surface area contributed by atoms with Crippen molar-refractivity contribution in [3.8, 4) is 5.75 Å². The Balaban J connectivity index is 2.76. The van der Waals surface area contributed by atoms with E-state index in [1.165, 1.54) is 0 Å². The molecule has 0 aliphatic heterocycles. The first-order valence-corrected chi connectivity index (χ1v) is 4.11. The van der Waals surface area contributed by atoms with Crippen LogP contribution in [-0.2, 0) is 0 Å². The van der Waals surface area contributed by atoms with Crippen molar-refractivity contribution in [2.75, 3.05) is 0 Å². The van der Waals surface area contributed by atoms with E-state index in [4.69, 9.17) is 5.11 Å². The molecule has 0 amide bonds. The molecule has 0 aliphatic rings. The zero-order valence-corrected chi connectivity index (χ0v) is 7.71. The molecule has 1 unspecified atom stereocenters. The Bertz CT molecular complexity index is 333. The van der Waals surface area contributed by atoms with Gasteiger partial charge >= 0.3 is 6.36 Å². The van der Waals surface area contributed by atoms with Crippen molar-refractivity contribution >= 4 is 0 Å². The molecule has 0 bridgehead atoms. The van der Waals surface area contributed by atoms with Crippen LogP contribution in [0, 0.1) is 0 Å². The molecule has 2 nitrogen and oxygen atoms in total. The third-order valence-corrected chi connectivity index (χ3v) is 1.69. The monoisotopic (exact) mass is 242 g/mol. The minimum absolute atomic E-state index is 0.176. The van der Waals surface area contributed by atoms with E-state index in [0.717, 1.165) is 24.3 Å². The Morgan fingerprint density at radius 3 is 1.94 bits per heavy atom. The molecule has 0 aliphatic carbocycles. The normalized spacial score (nSPS) is 13.9. The van der Waals surface area contributed by atoms with E-state index in [0.29, 0.717) is 0 Å². The van der Waals surface area contributed by atoms with Gasteiger partial charge in [-0.15, -0.1) is 13.2 Å². The first-order chi connectivity index (χ1) is 7.29. The van der Waals surface area contributed by atoms with Gasteiger partial charge in [0.15, 0.2) is 0 Å². The van der Waals surface area contributed by atoms with Gasteiger partial charge in [0.2, 0.25) is 0 Å². The molecule has 0 aromatic heterocycles. The van der Waals surface area contributed by atoms with E-state index in [1.54, 1.807) is 0 Å². The van der Waals surface area contributed by atoms with Crippen molar-refractivity contribution in [2.24, 2.45) is 0 Å². The van der Waals surface area contributed by atoms with Gasteiger partial charge in [-0.1, -0.05) is 12.1 Å². The smallest absolute Gasteiger partial charge is 0.406 e. The van der Waals surface area contributed by atoms with Crippen molar-refractivity contribution < 1.29 is 31.8 Å². The second kappa shape index (κ2) is 4.65. The van der Waals surface area contributed by atoms with Gasteiger partial charge in [0.25, 0.3) is 6.43 Å². The highest BCUT2D eigenvalue weighted by Crippen LogP contribution is 2.26. The third-order valence-electron chi connectivity index (χ3n) is 1.69. The first-order valence-electron chi connectivity index (χ1n) is 4.11. The first kappa shape index (κ1) is 12.7. The summed E-state index contributed by atoms with van der Waals surface area (Å²) < 4.78 is 62.8. The second-order valence-electron chi connectivity index (χ2n) is 2.90. The van der Waals surface area contributed by atoms with Gasteiger partial charge in [0.05, 0.1) is 0 Å². The van der Waals surface area contributed by atoms with Crippen LogP contribution in [0.1, 0.15) is 11.7 Å². The molecule has 0 spiro atoms. The van der Waals surface area contributed by atoms with Crippen molar-refractivity contribution in [3.05, 3.63) is 29.8 Å². The highest BCUT2D eigenvalue weighted by atomic mass is 19.4. The van der Waals surface area contributed by atoms with E-state index in [-0.39, 0.29) is 5.56 Å². The van der Waals surface area contributed by atoms with Crippen molar-refractivity contribution in [2.45, 2.75) is 18.9 Å². The largest absolute Gasteiger partial charge is 0.573 e. The quantitative estimate of drug-likeness (QED) is 0.826. The topological polar surface area (TPSA) is 29.5 Å². The molecule has 1 rings (SSSR count). The highest BCUT2D eigenvalue weighted by molar-refractivity contribution is 5.28. The lowest BCUT2D eigenvalue weighted by atomic mass is 10.1. The molecule has 1 atom stereocenters. The number of benzene rings is 1. The Labute approximate surface area is 87.3 Å². The molecule has 1 aromatic rings. The van der Waals surface area contributed by atoms with E-state index >= 15 is 0 Å². The second-order valence-corrected chi connectivity index (χ2v) is 2.90. The van der Waals surface area contributed by atoms with Crippen LogP contribution in [0.4, 0.5) is 22.0 Å². The summed E-state index contributed by atoms with van der Waals surface area (Å²) in [4.78, 5) is 0. The molecular weight excluding hydrogens is 235 g/mol. The number of ether oxygens (including phenoxy) is 1. The zero-order valence-electron chi connectivity index (χ0n) is 7.71. The van der Waals surface area contributed by atoms with E-state index < -0.39 is 24.6 Å². The predicted octanol–water partition coefficient (Wildman–Crippen LogP) is 2.88. The summed E-state index contributed by atoms with van der Waals surface area (Å²) in [7, 11) is 0. The molecular formula is C9H7F5O2. The van der Waals surface area contributed by atoms with Crippen LogP contribution in [0.25, 0.3) is 0 Å². The minimum Gasteiger partial charge on any atom is -0.406 e. The van der Waals surface area contributed by atoms with Crippen LogP contribution in [0.3, 0.4) is 0 Å². The molecule has 1 N–H and O–H groups in total. The van der Waals surface area contributed by atoms with Crippen LogP contribution in [-0.4, -0.2) is 17.9 Å². The van der Waals surface area contributed by atoms with Crippen molar-refractivity contribution in [3.63, 3.8) is 0 Å². The molecule has 0 heterocycles. The maximum absolute atomic E-state index is 12.0. The van der Waals surface area contributed by atoms with Gasteiger partial charge in [-0.05, 0) is 17.7 Å². The molecule has 90 valence electrons. The number of hydrogen-bond donors (Lipinski definition) is 1. The average Bonchev–Trinajstić information content (AvgIpc) is 2.15. The van der Waals surface area contributed by atoms with Crippen molar-refractivity contribution in [1.29, 1.82) is 0 Å². The van der Waals surface area contributed by atoms with E-state index in [2.05, 4.69) is 4.74 Å². The number of alkyl halides is 5. The summed E-state index contributed by atoms with van der Waals surface area (Å²) in [6.45, 7) is 0. The fraction of sp³-hybridized carbons (Fsp3) is 0.333. The summed E-state index contributed by atoms with van der Waals surface area (Å²) >= 11 is 0. The van der Waals surface area contributed by atoms with Gasteiger partial charge in [0, 0.05) is 0 Å². The standard InChI is InChI=1S/C9H7F5O2/c10-8(11)7(15)5-1-3-6(4-2-5)16-9(12,13)14/h1-4,7-8,15H. The average molecular weight is 242 g/mol. The summed E-state index contributed by atoms with van der Waals surface area (Å²) in [6, 6.07) is 3.60. The Morgan fingerprint density at radius 1 is 1.06 bits per heavy atom. The van der Waals surface area contributed by atoms with Gasteiger partial charge in [-0.25, -0.2) is 8.78 Å². The van der Waals surface area contributed by atoms with Crippen LogP contribution < -0.4 is 4.74 Å². The maximum atomic E-state index is 12.0. The number of halogens is 5. The van der Waals surface area contributed by atoms with Crippen LogP contribution in [0.15, 0.2) is 24.3 Å². The number of aliphatic hydroxyl groups is 1. The Morgan fingerprint density at radius 2 is 1.56 bits per heavy atom. The fourth-order valence-electron chi connectivity index (χ4n) is 1.01. The predicted molar refractivity (Wildman–Crippen MR) is 44.1 cm³/mol. The summed E-state index contributed by atoms with van der Waals surface area (Å²) in [6.07, 6.45) is -9.84. The number of aliphatic hydroxyl groups excluding tert-OH is 1. The van der Waals surface area contributed by atoms with Crippen LogP contribution in [0.5, 0.6) is 5.75 Å². The van der Waals surface area contributed by atoms with E-state index in [1.807, 2.05) is 0 Å². The van der Waals surface area contributed by atoms with Crippen LogP contribution in [0.2, 0.25) is 0 Å². The lowest BCUT2D eigenvalue weighted by Crippen LogP contribution is -2.17. The maximum Gasteiger partial charge on any atom is 0.573 e. The summed E-state index contributed by atoms with van der Waals surface area (Å²) in [5.41, 5.74) is -0.176. The summed E-state index contributed by atoms with van der Waals surface area (Å²) in [5, 5.41) is 8.91. The number of rotatable bonds is 3. The van der Waals surface area contributed by atoms with Gasteiger partial charge in [-0.3, -0.25) is 0 Å². The molecule has 0 saturated carbocycles. The minimum atomic E-state index is -4.83.